The molecular weight excluding hydrogens is 637 g/mol. The number of anilines is 2. The molecule has 8 nitrogen and oxygen atoms in total. The van der Waals surface area contributed by atoms with E-state index in [1.807, 2.05) is 6.07 Å². The van der Waals surface area contributed by atoms with Gasteiger partial charge in [-0.15, -0.1) is 0 Å². The summed E-state index contributed by atoms with van der Waals surface area (Å²) in [6, 6.07) is 17.3. The number of nitrogens with zero attached hydrogens (tertiary/aromatic N) is 1. The topological polar surface area (TPSA) is 113 Å². The van der Waals surface area contributed by atoms with Crippen LogP contribution in [0.4, 0.5) is 11.4 Å². The van der Waals surface area contributed by atoms with Gasteiger partial charge in [-0.2, -0.15) is 0 Å². The van der Waals surface area contributed by atoms with Crippen molar-refractivity contribution in [2.45, 2.75) is 23.5 Å². The largest absolute Gasteiger partial charge is 0.326 e. The molecule has 0 bridgehead atoms. The molecule has 38 heavy (non-hydrogen) atoms. The minimum atomic E-state index is -3.90. The summed E-state index contributed by atoms with van der Waals surface area (Å²) < 4.78 is 55.8. The zero-order valence-electron chi connectivity index (χ0n) is 19.9. The molecule has 4 rings (SSSR count). The highest BCUT2D eigenvalue weighted by Crippen LogP contribution is 2.26. The molecule has 2 N–H and O–H groups in total. The Labute approximate surface area is 240 Å². The fourth-order valence-electron chi connectivity index (χ4n) is 4.11. The van der Waals surface area contributed by atoms with Crippen molar-refractivity contribution in [1.82, 2.24) is 4.31 Å². The molecule has 1 fully saturated rings. The summed E-state index contributed by atoms with van der Waals surface area (Å²) >= 11 is 15.2. The van der Waals surface area contributed by atoms with Gasteiger partial charge < -0.3 is 5.32 Å². The Hall–Kier alpha value is -2.15. The van der Waals surface area contributed by atoms with Crippen molar-refractivity contribution in [3.05, 3.63) is 86.8 Å². The molecule has 3 aromatic carbocycles. The molecule has 0 saturated carbocycles. The van der Waals surface area contributed by atoms with E-state index in [-0.39, 0.29) is 41.3 Å². The number of carbonyl (C=O) groups excluding carboxylic acids is 1. The average molecular weight is 661 g/mol. The van der Waals surface area contributed by atoms with Gasteiger partial charge in [-0.05, 0) is 73.0 Å². The van der Waals surface area contributed by atoms with Crippen molar-refractivity contribution >= 4 is 76.5 Å². The lowest BCUT2D eigenvalue weighted by Gasteiger charge is -2.30. The van der Waals surface area contributed by atoms with Crippen LogP contribution in [0.15, 0.2) is 76.1 Å². The Bertz CT molecular complexity index is 1520. The number of hydrogen-bond acceptors (Lipinski definition) is 5. The van der Waals surface area contributed by atoms with Gasteiger partial charge in [0.2, 0.25) is 15.9 Å². The molecule has 0 aliphatic carbocycles. The van der Waals surface area contributed by atoms with Crippen LogP contribution in [0.5, 0.6) is 0 Å². The van der Waals surface area contributed by atoms with E-state index in [0.29, 0.717) is 34.1 Å². The van der Waals surface area contributed by atoms with Gasteiger partial charge in [-0.25, -0.2) is 21.1 Å². The van der Waals surface area contributed by atoms with E-state index in [0.717, 1.165) is 4.47 Å². The molecule has 0 atom stereocenters. The molecule has 1 saturated heterocycles. The first-order valence-corrected chi connectivity index (χ1v) is 16.2. The fourth-order valence-corrected chi connectivity index (χ4v) is 7.68. The van der Waals surface area contributed by atoms with Gasteiger partial charge in [-0.3, -0.25) is 9.52 Å². The fraction of sp³-hybridized carbons (Fsp3) is 0.240. The van der Waals surface area contributed by atoms with Crippen LogP contribution in [0.1, 0.15) is 18.4 Å². The number of carbonyl (C=O) groups is 1. The van der Waals surface area contributed by atoms with Crippen LogP contribution < -0.4 is 10.0 Å². The molecule has 202 valence electrons. The molecule has 0 radical (unpaired) electrons. The van der Waals surface area contributed by atoms with Crippen molar-refractivity contribution in [1.29, 1.82) is 0 Å². The normalized spacial score (nSPS) is 15.2. The Morgan fingerprint density at radius 2 is 1.53 bits per heavy atom. The van der Waals surface area contributed by atoms with Crippen LogP contribution in [-0.4, -0.2) is 40.1 Å². The molecule has 1 heterocycles. The number of halogens is 3. The molecule has 13 heteroatoms. The number of benzene rings is 3. The van der Waals surface area contributed by atoms with Gasteiger partial charge in [-0.1, -0.05) is 51.3 Å². The second-order valence-corrected chi connectivity index (χ2v) is 14.3. The maximum atomic E-state index is 12.8. The van der Waals surface area contributed by atoms with Crippen LogP contribution in [-0.2, 0) is 30.6 Å². The number of hydrogen-bond donors (Lipinski definition) is 2. The Morgan fingerprint density at radius 1 is 0.895 bits per heavy atom. The van der Waals surface area contributed by atoms with Crippen LogP contribution in [0, 0.1) is 5.92 Å². The number of sulfonamides is 2. The highest BCUT2D eigenvalue weighted by Gasteiger charge is 2.31. The zero-order chi connectivity index (χ0) is 27.5. The summed E-state index contributed by atoms with van der Waals surface area (Å²) in [4.78, 5) is 12.8. The van der Waals surface area contributed by atoms with E-state index in [4.69, 9.17) is 23.2 Å². The van der Waals surface area contributed by atoms with Gasteiger partial charge in [0.15, 0.2) is 0 Å². The summed E-state index contributed by atoms with van der Waals surface area (Å²) in [5.41, 5.74) is 1.35. The minimum absolute atomic E-state index is 0.00411. The van der Waals surface area contributed by atoms with E-state index >= 15 is 0 Å². The molecular formula is C25H24BrCl2N3O5S2. The maximum absolute atomic E-state index is 12.8. The first-order valence-electron chi connectivity index (χ1n) is 11.5. The third-order valence-corrected chi connectivity index (χ3v) is 10.2. The van der Waals surface area contributed by atoms with Crippen LogP contribution in [0.2, 0.25) is 10.0 Å². The number of piperidine rings is 1. The molecule has 1 aliphatic rings. The zero-order valence-corrected chi connectivity index (χ0v) is 24.6. The van der Waals surface area contributed by atoms with Gasteiger partial charge in [0.05, 0.1) is 16.3 Å². The summed E-state index contributed by atoms with van der Waals surface area (Å²) in [5, 5.41) is 3.38. The van der Waals surface area contributed by atoms with Gasteiger partial charge in [0.1, 0.15) is 0 Å². The number of rotatable bonds is 8. The number of nitrogens with one attached hydrogen (secondary N) is 2. The molecule has 1 amide bonds. The second kappa shape index (κ2) is 11.9. The Morgan fingerprint density at radius 3 is 2.13 bits per heavy atom. The third kappa shape index (κ3) is 7.49. The van der Waals surface area contributed by atoms with Crippen LogP contribution in [0.25, 0.3) is 0 Å². The summed E-state index contributed by atoms with van der Waals surface area (Å²) in [7, 11) is -7.41. The molecule has 0 spiro atoms. The van der Waals surface area contributed by atoms with Gasteiger partial charge >= 0.3 is 0 Å². The molecule has 0 aromatic heterocycles. The summed E-state index contributed by atoms with van der Waals surface area (Å²) in [6.45, 7) is 0.510. The maximum Gasteiger partial charge on any atom is 0.261 e. The van der Waals surface area contributed by atoms with E-state index < -0.39 is 20.0 Å². The molecule has 3 aromatic rings. The van der Waals surface area contributed by atoms with Crippen molar-refractivity contribution in [2.75, 3.05) is 23.1 Å². The smallest absolute Gasteiger partial charge is 0.261 e. The predicted octanol–water partition coefficient (Wildman–Crippen LogP) is 5.74. The Balaban J connectivity index is 1.32. The van der Waals surface area contributed by atoms with Crippen molar-refractivity contribution in [3.63, 3.8) is 0 Å². The van der Waals surface area contributed by atoms with Gasteiger partial charge in [0.25, 0.3) is 10.0 Å². The Kier molecular flexibility index (Phi) is 9.06. The minimum Gasteiger partial charge on any atom is -0.326 e. The van der Waals surface area contributed by atoms with E-state index in [9.17, 15) is 21.6 Å². The monoisotopic (exact) mass is 659 g/mol. The quantitative estimate of drug-likeness (QED) is 0.320. The van der Waals surface area contributed by atoms with Gasteiger partial charge in [0, 0.05) is 39.2 Å². The van der Waals surface area contributed by atoms with Crippen molar-refractivity contribution in [3.8, 4) is 0 Å². The predicted molar refractivity (Wildman–Crippen MR) is 153 cm³/mol. The highest BCUT2D eigenvalue weighted by molar-refractivity contribution is 9.10. The average Bonchev–Trinajstić information content (AvgIpc) is 2.83. The van der Waals surface area contributed by atoms with E-state index in [1.165, 1.54) is 46.8 Å². The first kappa shape index (κ1) is 28.8. The van der Waals surface area contributed by atoms with Crippen LogP contribution >= 0.6 is 39.1 Å². The van der Waals surface area contributed by atoms with Crippen molar-refractivity contribution in [2.24, 2.45) is 5.92 Å². The van der Waals surface area contributed by atoms with E-state index in [1.54, 1.807) is 18.2 Å². The van der Waals surface area contributed by atoms with Crippen LogP contribution in [0.3, 0.4) is 0 Å². The summed E-state index contributed by atoms with van der Waals surface area (Å²) in [5.74, 6) is -0.695. The standard InChI is InChI=1S/C25H24BrCl2N3O5S2/c26-19-3-1-2-17(12-19)16-37(33,34)31-10-8-18(9-11-31)25(32)29-22-4-6-24(7-5-22)38(35,36)30-23-14-20(27)13-21(28)15-23/h1-7,12-15,18,30H,8-11,16H2,(H,29,32). The SMILES string of the molecule is O=C(Nc1ccc(S(=O)(=O)Nc2cc(Cl)cc(Cl)c2)cc1)C1CCN(S(=O)(=O)Cc2cccc(Br)c2)CC1. The lowest BCUT2D eigenvalue weighted by molar-refractivity contribution is -0.120. The lowest BCUT2D eigenvalue weighted by Crippen LogP contribution is -2.41. The first-order chi connectivity index (χ1) is 17.9. The molecule has 0 unspecified atom stereocenters. The molecule has 1 aliphatic heterocycles. The lowest BCUT2D eigenvalue weighted by atomic mass is 9.97. The van der Waals surface area contributed by atoms with Crippen molar-refractivity contribution < 1.29 is 21.6 Å². The van der Waals surface area contributed by atoms with E-state index in [2.05, 4.69) is 26.0 Å². The second-order valence-electron chi connectivity index (χ2n) is 8.84. The summed E-state index contributed by atoms with van der Waals surface area (Å²) in [6.07, 6.45) is 0.782. The third-order valence-electron chi connectivity index (χ3n) is 6.00. The highest BCUT2D eigenvalue weighted by atomic mass is 79.9. The number of amides is 1.